The van der Waals surface area contributed by atoms with Crippen LogP contribution >= 0.6 is 15.9 Å². The summed E-state index contributed by atoms with van der Waals surface area (Å²) in [7, 11) is 3.38. The second-order valence-electron chi connectivity index (χ2n) is 7.03. The van der Waals surface area contributed by atoms with Crippen LogP contribution in [0.5, 0.6) is 5.75 Å². The van der Waals surface area contributed by atoms with E-state index >= 15 is 0 Å². The number of aromatic nitrogens is 2. The Bertz CT molecular complexity index is 1220. The van der Waals surface area contributed by atoms with Crippen LogP contribution in [0.15, 0.2) is 39.6 Å². The lowest BCUT2D eigenvalue weighted by molar-refractivity contribution is 0.301. The third kappa shape index (κ3) is 3.30. The Kier molecular flexibility index (Phi) is 5.11. The Morgan fingerprint density at radius 3 is 2.76 bits per heavy atom. The van der Waals surface area contributed by atoms with Crippen LogP contribution in [0.25, 0.3) is 16.6 Å². The van der Waals surface area contributed by atoms with Crippen molar-refractivity contribution in [2.45, 2.75) is 18.9 Å². The van der Waals surface area contributed by atoms with E-state index in [4.69, 9.17) is 9.72 Å². The van der Waals surface area contributed by atoms with E-state index in [9.17, 15) is 14.4 Å². The van der Waals surface area contributed by atoms with E-state index in [0.717, 1.165) is 19.4 Å². The van der Waals surface area contributed by atoms with E-state index in [-0.39, 0.29) is 17.4 Å². The molecule has 4 rings (SSSR count). The Balaban J connectivity index is 2.07. The Hall–Kier alpha value is -2.76. The number of hydrogen-bond acceptors (Lipinski definition) is 5. The monoisotopic (exact) mass is 456 g/mol. The van der Waals surface area contributed by atoms with E-state index in [1.165, 1.54) is 29.9 Å². The minimum atomic E-state index is -0.560. The molecule has 0 saturated carbocycles. The van der Waals surface area contributed by atoms with Gasteiger partial charge in [0.2, 0.25) is 0 Å². The lowest BCUT2D eigenvalue weighted by Gasteiger charge is -2.23. The number of benzene rings is 2. The van der Waals surface area contributed by atoms with Gasteiger partial charge in [0, 0.05) is 10.5 Å². The van der Waals surface area contributed by atoms with E-state index < -0.39 is 5.82 Å². The normalized spacial score (nSPS) is 16.9. The third-order valence-electron chi connectivity index (χ3n) is 5.29. The molecule has 1 saturated heterocycles. The molecular weight excluding hydrogens is 439 g/mol. The first-order valence-electron chi connectivity index (χ1n) is 9.15. The van der Waals surface area contributed by atoms with Gasteiger partial charge < -0.3 is 4.74 Å². The maximum Gasteiger partial charge on any atom is 0.266 e. The molecule has 0 bridgehead atoms. The van der Waals surface area contributed by atoms with Crippen molar-refractivity contribution in [2.24, 2.45) is 0 Å². The third-order valence-corrected chi connectivity index (χ3v) is 5.90. The number of nitrogens with zero attached hydrogens (tertiary/aromatic N) is 4. The van der Waals surface area contributed by atoms with Crippen LogP contribution in [0.2, 0.25) is 0 Å². The number of likely N-dealkylation sites (tertiary alicyclic amines) is 1. The van der Waals surface area contributed by atoms with Gasteiger partial charge in [-0.2, -0.15) is 5.26 Å². The summed E-state index contributed by atoms with van der Waals surface area (Å²) in [6.45, 7) is 0.893. The van der Waals surface area contributed by atoms with Crippen LogP contribution in [0.4, 0.5) is 4.39 Å². The number of fused-ring (bicyclic) bond motifs is 1. The molecule has 0 N–H and O–H groups in total. The van der Waals surface area contributed by atoms with Crippen molar-refractivity contribution in [2.75, 3.05) is 20.7 Å². The predicted octanol–water partition coefficient (Wildman–Crippen LogP) is 3.93. The number of nitriles is 1. The van der Waals surface area contributed by atoms with Gasteiger partial charge in [-0.15, -0.1) is 0 Å². The van der Waals surface area contributed by atoms with Crippen LogP contribution in [0.3, 0.4) is 0 Å². The fourth-order valence-electron chi connectivity index (χ4n) is 3.83. The molecule has 0 aliphatic carbocycles. The fourth-order valence-corrected chi connectivity index (χ4v) is 4.38. The Labute approximate surface area is 175 Å². The molecule has 0 amide bonds. The largest absolute Gasteiger partial charge is 0.494 e. The quantitative estimate of drug-likeness (QED) is 0.596. The van der Waals surface area contributed by atoms with Crippen molar-refractivity contribution in [3.8, 4) is 17.5 Å². The van der Waals surface area contributed by atoms with Crippen molar-refractivity contribution in [1.82, 2.24) is 14.5 Å². The molecule has 0 radical (unpaired) electrons. The van der Waals surface area contributed by atoms with Crippen LogP contribution in [0, 0.1) is 17.1 Å². The van der Waals surface area contributed by atoms with Gasteiger partial charge in [0.1, 0.15) is 5.82 Å². The lowest BCUT2D eigenvalue weighted by atomic mass is 10.1. The molecule has 1 atom stereocenters. The first-order chi connectivity index (χ1) is 13.9. The predicted molar refractivity (Wildman–Crippen MR) is 111 cm³/mol. The van der Waals surface area contributed by atoms with Crippen molar-refractivity contribution in [3.05, 3.63) is 62.4 Å². The summed E-state index contributed by atoms with van der Waals surface area (Å²) >= 11 is 3.44. The molecule has 0 spiro atoms. The van der Waals surface area contributed by atoms with Crippen LogP contribution in [0.1, 0.15) is 30.3 Å². The van der Waals surface area contributed by atoms with Gasteiger partial charge in [0.05, 0.1) is 41.4 Å². The first-order valence-corrected chi connectivity index (χ1v) is 9.94. The van der Waals surface area contributed by atoms with Gasteiger partial charge in [-0.25, -0.2) is 9.37 Å². The van der Waals surface area contributed by atoms with Crippen LogP contribution in [-0.2, 0) is 0 Å². The summed E-state index contributed by atoms with van der Waals surface area (Å²) < 4.78 is 21.5. The first kappa shape index (κ1) is 19.6. The van der Waals surface area contributed by atoms with Crippen LogP contribution < -0.4 is 10.3 Å². The lowest BCUT2D eigenvalue weighted by Crippen LogP contribution is -2.30. The summed E-state index contributed by atoms with van der Waals surface area (Å²) in [6, 6.07) is 9.56. The van der Waals surface area contributed by atoms with E-state index in [1.807, 2.05) is 7.05 Å². The maximum absolute atomic E-state index is 14.4. The standard InChI is InChI=1S/C21H18BrFN4O2/c1-26-7-3-4-17(26)20-25-19-14(8-12(11-24)9-15(19)22)21(28)27(20)13-5-6-18(29-2)16(23)10-13/h5-6,8-10,17H,3-4,7H2,1-2H3/t17-/m1/s1. The second-order valence-corrected chi connectivity index (χ2v) is 7.89. The molecule has 2 aromatic carbocycles. The minimum Gasteiger partial charge on any atom is -0.494 e. The van der Waals surface area contributed by atoms with E-state index in [1.54, 1.807) is 12.1 Å². The molecule has 1 aliphatic heterocycles. The number of ether oxygens (including phenoxy) is 1. The summed E-state index contributed by atoms with van der Waals surface area (Å²) in [5.41, 5.74) is 0.875. The van der Waals surface area contributed by atoms with E-state index in [2.05, 4.69) is 26.9 Å². The molecule has 3 aromatic rings. The molecule has 1 aliphatic rings. The minimum absolute atomic E-state index is 0.0696. The molecule has 6 nitrogen and oxygen atoms in total. The van der Waals surface area contributed by atoms with Gasteiger partial charge in [-0.1, -0.05) is 0 Å². The Morgan fingerprint density at radius 2 is 2.14 bits per heavy atom. The average Bonchev–Trinajstić information content (AvgIpc) is 3.13. The number of hydrogen-bond donors (Lipinski definition) is 0. The maximum atomic E-state index is 14.4. The number of halogens is 2. The topological polar surface area (TPSA) is 71.2 Å². The van der Waals surface area contributed by atoms with Gasteiger partial charge in [0.25, 0.3) is 5.56 Å². The summed E-state index contributed by atoms with van der Waals surface area (Å²) in [6.07, 6.45) is 1.83. The smallest absolute Gasteiger partial charge is 0.266 e. The molecule has 0 unspecified atom stereocenters. The van der Waals surface area contributed by atoms with Gasteiger partial charge in [-0.3, -0.25) is 14.3 Å². The van der Waals surface area contributed by atoms with Crippen LogP contribution in [-0.4, -0.2) is 35.2 Å². The highest BCUT2D eigenvalue weighted by molar-refractivity contribution is 9.10. The summed E-state index contributed by atoms with van der Waals surface area (Å²) in [4.78, 5) is 20.5. The highest BCUT2D eigenvalue weighted by Gasteiger charge is 2.29. The van der Waals surface area contributed by atoms with Gasteiger partial charge in [0.15, 0.2) is 11.6 Å². The SMILES string of the molecule is COc1ccc(-n2c([C@H]3CCCN3C)nc3c(Br)cc(C#N)cc3c2=O)cc1F. The fraction of sp³-hybridized carbons (Fsp3) is 0.286. The zero-order valence-corrected chi connectivity index (χ0v) is 17.5. The van der Waals surface area contributed by atoms with Crippen molar-refractivity contribution in [3.63, 3.8) is 0 Å². The average molecular weight is 457 g/mol. The molecule has 2 heterocycles. The molecule has 1 fully saturated rings. The second kappa shape index (κ2) is 7.58. The highest BCUT2D eigenvalue weighted by atomic mass is 79.9. The zero-order chi connectivity index (χ0) is 20.7. The van der Waals surface area contributed by atoms with Crippen molar-refractivity contribution in [1.29, 1.82) is 5.26 Å². The molecule has 148 valence electrons. The van der Waals surface area contributed by atoms with E-state index in [0.29, 0.717) is 32.5 Å². The molecule has 8 heteroatoms. The van der Waals surface area contributed by atoms with Gasteiger partial charge >= 0.3 is 0 Å². The Morgan fingerprint density at radius 1 is 1.34 bits per heavy atom. The molecular formula is C21H18BrFN4O2. The van der Waals surface area contributed by atoms with Crippen molar-refractivity contribution >= 4 is 26.8 Å². The zero-order valence-electron chi connectivity index (χ0n) is 15.9. The summed E-state index contributed by atoms with van der Waals surface area (Å²) in [5.74, 6) is 0.0942. The highest BCUT2D eigenvalue weighted by Crippen LogP contribution is 2.33. The molecule has 29 heavy (non-hydrogen) atoms. The molecule has 1 aromatic heterocycles. The number of methoxy groups -OCH3 is 1. The summed E-state index contributed by atoms with van der Waals surface area (Å²) in [5, 5.41) is 9.59. The number of rotatable bonds is 3. The van der Waals surface area contributed by atoms with Crippen molar-refractivity contribution < 1.29 is 9.13 Å². The van der Waals surface area contributed by atoms with Gasteiger partial charge in [-0.05, 0) is 66.6 Å².